The molecule has 0 aromatic carbocycles. The number of nitrogens with zero attached hydrogens (tertiary/aromatic N) is 2. The molecule has 4 heteroatoms. The summed E-state index contributed by atoms with van der Waals surface area (Å²) in [4.78, 5) is 19.8. The molecule has 2 aromatic rings. The highest BCUT2D eigenvalue weighted by Gasteiger charge is 2.01. The Hall–Kier alpha value is -1.97. The summed E-state index contributed by atoms with van der Waals surface area (Å²) in [6.07, 6.45) is 10.1. The molecule has 118 valence electrons. The van der Waals surface area contributed by atoms with E-state index >= 15 is 0 Å². The lowest BCUT2D eigenvalue weighted by atomic mass is 10.1. The summed E-state index contributed by atoms with van der Waals surface area (Å²) >= 11 is 0. The normalized spacial score (nSPS) is 10.8. The Kier molecular flexibility index (Phi) is 6.81. The average Bonchev–Trinajstić information content (AvgIpc) is 2.56. The van der Waals surface area contributed by atoms with Gasteiger partial charge in [-0.25, -0.2) is 9.97 Å². The third-order valence-corrected chi connectivity index (χ3v) is 3.81. The maximum absolute atomic E-state index is 11.0. The van der Waals surface area contributed by atoms with Gasteiger partial charge in [0.15, 0.2) is 5.65 Å². The molecule has 0 aliphatic rings. The second-order valence-corrected chi connectivity index (χ2v) is 5.55. The third-order valence-electron chi connectivity index (χ3n) is 3.81. The molecule has 0 radical (unpaired) electrons. The van der Waals surface area contributed by atoms with Gasteiger partial charge < -0.3 is 4.74 Å². The molecular weight excluding hydrogens is 276 g/mol. The first-order valence-corrected chi connectivity index (χ1v) is 8.07. The van der Waals surface area contributed by atoms with Crippen LogP contribution in [0.5, 0.6) is 0 Å². The number of esters is 1. The fourth-order valence-corrected chi connectivity index (χ4v) is 2.52. The van der Waals surface area contributed by atoms with Gasteiger partial charge in [-0.2, -0.15) is 0 Å². The molecule has 0 saturated heterocycles. The largest absolute Gasteiger partial charge is 0.469 e. The zero-order valence-corrected chi connectivity index (χ0v) is 13.3. The summed E-state index contributed by atoms with van der Waals surface area (Å²) in [7, 11) is 1.44. The summed E-state index contributed by atoms with van der Waals surface area (Å²) in [5.74, 6) is -0.101. The molecule has 0 aliphatic carbocycles. The van der Waals surface area contributed by atoms with E-state index in [2.05, 4.69) is 26.8 Å². The number of aryl methyl sites for hydroxylation is 1. The second kappa shape index (κ2) is 9.13. The van der Waals surface area contributed by atoms with Crippen molar-refractivity contribution in [1.82, 2.24) is 9.97 Å². The Morgan fingerprint density at radius 3 is 2.64 bits per heavy atom. The van der Waals surface area contributed by atoms with Gasteiger partial charge in [0.25, 0.3) is 0 Å². The van der Waals surface area contributed by atoms with Crippen LogP contribution in [0.1, 0.15) is 50.6 Å². The maximum atomic E-state index is 11.0. The Morgan fingerprint density at radius 2 is 1.82 bits per heavy atom. The van der Waals surface area contributed by atoms with Gasteiger partial charge in [-0.3, -0.25) is 4.79 Å². The minimum Gasteiger partial charge on any atom is -0.469 e. The summed E-state index contributed by atoms with van der Waals surface area (Å²) < 4.78 is 4.62. The van der Waals surface area contributed by atoms with Crippen LogP contribution in [0.2, 0.25) is 0 Å². The number of aromatic nitrogens is 2. The van der Waals surface area contributed by atoms with E-state index in [9.17, 15) is 4.79 Å². The molecule has 0 bridgehead atoms. The zero-order chi connectivity index (χ0) is 15.6. The van der Waals surface area contributed by atoms with E-state index < -0.39 is 0 Å². The van der Waals surface area contributed by atoms with Crippen LogP contribution in [-0.4, -0.2) is 23.0 Å². The van der Waals surface area contributed by atoms with Crippen LogP contribution in [0.25, 0.3) is 11.0 Å². The Morgan fingerprint density at radius 1 is 1.05 bits per heavy atom. The van der Waals surface area contributed by atoms with Gasteiger partial charge >= 0.3 is 5.97 Å². The summed E-state index contributed by atoms with van der Waals surface area (Å²) in [6, 6.07) is 8.16. The highest BCUT2D eigenvalue weighted by molar-refractivity contribution is 5.74. The monoisotopic (exact) mass is 300 g/mol. The number of carbonyl (C=O) groups is 1. The second-order valence-electron chi connectivity index (χ2n) is 5.55. The van der Waals surface area contributed by atoms with Crippen molar-refractivity contribution in [2.24, 2.45) is 0 Å². The van der Waals surface area contributed by atoms with Gasteiger partial charge in [0.2, 0.25) is 0 Å². The zero-order valence-electron chi connectivity index (χ0n) is 13.3. The molecule has 0 spiro atoms. The molecule has 0 saturated carbocycles. The van der Waals surface area contributed by atoms with Crippen LogP contribution in [0.15, 0.2) is 30.5 Å². The molecule has 2 aromatic heterocycles. The van der Waals surface area contributed by atoms with Gasteiger partial charge in [0.05, 0.1) is 7.11 Å². The van der Waals surface area contributed by atoms with Gasteiger partial charge in [-0.15, -0.1) is 0 Å². The van der Waals surface area contributed by atoms with Crippen molar-refractivity contribution >= 4 is 17.0 Å². The first-order valence-electron chi connectivity index (χ1n) is 8.07. The van der Waals surface area contributed by atoms with Gasteiger partial charge in [0, 0.05) is 23.7 Å². The van der Waals surface area contributed by atoms with Crippen molar-refractivity contribution < 1.29 is 9.53 Å². The van der Waals surface area contributed by atoms with E-state index in [1.54, 1.807) is 6.20 Å². The van der Waals surface area contributed by atoms with Gasteiger partial charge in [0.1, 0.15) is 0 Å². The summed E-state index contributed by atoms with van der Waals surface area (Å²) in [5.41, 5.74) is 1.96. The predicted molar refractivity (Wildman–Crippen MR) is 87.6 cm³/mol. The van der Waals surface area contributed by atoms with E-state index in [1.807, 2.05) is 12.1 Å². The smallest absolute Gasteiger partial charge is 0.305 e. The quantitative estimate of drug-likeness (QED) is 0.517. The third kappa shape index (κ3) is 5.43. The Labute approximate surface area is 131 Å². The van der Waals surface area contributed by atoms with Crippen LogP contribution < -0.4 is 0 Å². The van der Waals surface area contributed by atoms with Gasteiger partial charge in [-0.1, -0.05) is 25.7 Å². The molecule has 2 rings (SSSR count). The van der Waals surface area contributed by atoms with E-state index in [0.717, 1.165) is 42.4 Å². The Balaban J connectivity index is 1.59. The summed E-state index contributed by atoms with van der Waals surface area (Å²) in [5, 5.41) is 1.09. The van der Waals surface area contributed by atoms with Crippen molar-refractivity contribution in [2.75, 3.05) is 7.11 Å². The summed E-state index contributed by atoms with van der Waals surface area (Å²) in [6.45, 7) is 0. The number of ether oxygens (including phenoxy) is 1. The van der Waals surface area contributed by atoms with Gasteiger partial charge in [-0.05, 0) is 43.5 Å². The molecule has 0 amide bonds. The number of pyridine rings is 2. The van der Waals surface area contributed by atoms with Crippen LogP contribution in [0, 0.1) is 0 Å². The van der Waals surface area contributed by atoms with Crippen LogP contribution in [0.4, 0.5) is 0 Å². The standard InChI is InChI=1S/C18H24N2O2/c1-22-17(21)11-7-5-3-2-4-6-10-16-13-12-15-9-8-14-19-18(15)20-16/h8-9,12-14H,2-7,10-11H2,1H3. The highest BCUT2D eigenvalue weighted by Crippen LogP contribution is 2.13. The number of rotatable bonds is 9. The highest BCUT2D eigenvalue weighted by atomic mass is 16.5. The van der Waals surface area contributed by atoms with E-state index in [-0.39, 0.29) is 5.97 Å². The lowest BCUT2D eigenvalue weighted by Gasteiger charge is -2.03. The minimum absolute atomic E-state index is 0.101. The maximum Gasteiger partial charge on any atom is 0.305 e. The number of methoxy groups -OCH3 is 1. The van der Waals surface area contributed by atoms with Crippen molar-refractivity contribution in [3.8, 4) is 0 Å². The molecule has 2 heterocycles. The van der Waals surface area contributed by atoms with Crippen molar-refractivity contribution in [3.63, 3.8) is 0 Å². The van der Waals surface area contributed by atoms with Crippen molar-refractivity contribution in [1.29, 1.82) is 0 Å². The van der Waals surface area contributed by atoms with E-state index in [1.165, 1.54) is 26.4 Å². The van der Waals surface area contributed by atoms with Crippen molar-refractivity contribution in [3.05, 3.63) is 36.2 Å². The van der Waals surface area contributed by atoms with Crippen LogP contribution in [-0.2, 0) is 16.0 Å². The SMILES string of the molecule is COC(=O)CCCCCCCCc1ccc2cccnc2n1. The molecular formula is C18H24N2O2. The van der Waals surface area contributed by atoms with Crippen molar-refractivity contribution in [2.45, 2.75) is 51.4 Å². The van der Waals surface area contributed by atoms with E-state index in [4.69, 9.17) is 0 Å². The lowest BCUT2D eigenvalue weighted by Crippen LogP contribution is -1.99. The molecule has 0 aliphatic heterocycles. The van der Waals surface area contributed by atoms with E-state index in [0.29, 0.717) is 6.42 Å². The first-order chi connectivity index (χ1) is 10.8. The molecule has 4 nitrogen and oxygen atoms in total. The number of unbranched alkanes of at least 4 members (excludes halogenated alkanes) is 5. The van der Waals surface area contributed by atoms with Crippen LogP contribution >= 0.6 is 0 Å². The molecule has 0 fully saturated rings. The first kappa shape index (κ1) is 16.4. The molecule has 0 unspecified atom stereocenters. The fourth-order valence-electron chi connectivity index (χ4n) is 2.52. The predicted octanol–water partition coefficient (Wildman–Crippen LogP) is 4.08. The lowest BCUT2D eigenvalue weighted by molar-refractivity contribution is -0.140. The number of hydrogen-bond donors (Lipinski definition) is 0. The molecule has 22 heavy (non-hydrogen) atoms. The Bertz CT molecular complexity index is 598. The fraction of sp³-hybridized carbons (Fsp3) is 0.500. The number of carbonyl (C=O) groups excluding carboxylic acids is 1. The average molecular weight is 300 g/mol. The molecule has 0 atom stereocenters. The topological polar surface area (TPSA) is 52.1 Å². The van der Waals surface area contributed by atoms with Crippen LogP contribution in [0.3, 0.4) is 0 Å². The number of fused-ring (bicyclic) bond motifs is 1. The minimum atomic E-state index is -0.101. The molecule has 0 N–H and O–H groups in total. The number of hydrogen-bond acceptors (Lipinski definition) is 4.